The fourth-order valence-corrected chi connectivity index (χ4v) is 2.80. The summed E-state index contributed by atoms with van der Waals surface area (Å²) < 4.78 is 48.7. The Balaban J connectivity index is -0.000000232. The molecular weight excluding hydrogens is 520 g/mol. The van der Waals surface area contributed by atoms with Gasteiger partial charge in [0, 0.05) is 34.7 Å². The number of carbonyl (C=O) groups excluding carboxylic acids is 2. The number of nitrogens with one attached hydrogen (secondary N) is 1. The molecule has 0 aromatic heterocycles. The summed E-state index contributed by atoms with van der Waals surface area (Å²) in [6, 6.07) is -0.331. The fraction of sp³-hybridized carbons (Fsp3) is 0.882. The van der Waals surface area contributed by atoms with Crippen molar-refractivity contribution in [1.82, 2.24) is 5.32 Å². The van der Waals surface area contributed by atoms with Crippen molar-refractivity contribution in [3.63, 3.8) is 0 Å². The van der Waals surface area contributed by atoms with E-state index >= 15 is 0 Å². The van der Waals surface area contributed by atoms with Gasteiger partial charge in [0.2, 0.25) is 16.3 Å². The van der Waals surface area contributed by atoms with Crippen molar-refractivity contribution in [3.8, 4) is 0 Å². The summed E-state index contributed by atoms with van der Waals surface area (Å²) in [5.41, 5.74) is 0. The molecule has 15 nitrogen and oxygen atoms in total. The molecule has 0 bridgehead atoms. The summed E-state index contributed by atoms with van der Waals surface area (Å²) in [5.74, 6) is -1.60. The third-order valence-electron chi connectivity index (χ3n) is 3.88. The minimum atomic E-state index is -4.79. The Morgan fingerprint density at radius 3 is 1.89 bits per heavy atom. The molecule has 2 fully saturated rings. The standard InChI is InChI=1S/C8H15NO7S.C6H10O5.C2H6O.CH4O.2Na/c1-5(10)9-6-2-7(11)8(15-3-6)4-16-17(12,13)14;7-3-1-5(6(9)10)11-2-4(3)8;1-3-2;1-2;;/h6-8,11H,2-4H2,1H3,(H,9,10)(H,12,13,14);3-5,7-8H,1-2H2,(H,9,10);1-2H3;2H,1H3;;/q;;;;2*+1/p-2/t;3-,4?,5?;;;;/m.1..../s1. The van der Waals surface area contributed by atoms with Crippen molar-refractivity contribution in [2.75, 3.05) is 41.2 Å². The van der Waals surface area contributed by atoms with Crippen LogP contribution in [0.4, 0.5) is 0 Å². The molecular formula is C17H33NNa2O14S. The Bertz CT molecular complexity index is 657. The van der Waals surface area contributed by atoms with E-state index in [1.54, 1.807) is 14.2 Å². The molecule has 35 heavy (non-hydrogen) atoms. The number of amides is 1. The van der Waals surface area contributed by atoms with E-state index in [1.165, 1.54) is 6.92 Å². The topological polar surface area (TPSA) is 244 Å². The van der Waals surface area contributed by atoms with Crippen LogP contribution in [0.3, 0.4) is 0 Å². The fourth-order valence-electron chi connectivity index (χ4n) is 2.49. The molecule has 5 unspecified atom stereocenters. The van der Waals surface area contributed by atoms with Crippen LogP contribution in [0.5, 0.6) is 0 Å². The smallest absolute Gasteiger partial charge is 0.726 e. The molecule has 2 saturated heterocycles. The zero-order valence-electron chi connectivity index (χ0n) is 20.8. The van der Waals surface area contributed by atoms with Gasteiger partial charge in [-0.05, 0) is 6.42 Å². The summed E-state index contributed by atoms with van der Waals surface area (Å²) in [6.45, 7) is 0.786. The van der Waals surface area contributed by atoms with Crippen LogP contribution in [0.15, 0.2) is 0 Å². The number of hydrogen-bond donors (Lipinski definition) is 5. The SMILES string of the molecule is CC(=O)NC1COC(COS(=O)(=O)[O-])C(O)C1.CO.COC.O=C([O-])C1C[C@@H](O)C(O)CO1.[Na+].[Na+]. The predicted octanol–water partition coefficient (Wildman–Crippen LogP) is -10.8. The quantitative estimate of drug-likeness (QED) is 0.121. The van der Waals surface area contributed by atoms with Gasteiger partial charge in [0.25, 0.3) is 0 Å². The van der Waals surface area contributed by atoms with Crippen LogP contribution < -0.4 is 69.5 Å². The van der Waals surface area contributed by atoms with Gasteiger partial charge < -0.3 is 54.4 Å². The van der Waals surface area contributed by atoms with Gasteiger partial charge in [-0.25, -0.2) is 8.42 Å². The van der Waals surface area contributed by atoms with Crippen LogP contribution in [0.1, 0.15) is 19.8 Å². The van der Waals surface area contributed by atoms with E-state index < -0.39 is 53.5 Å². The number of carboxylic acids is 1. The van der Waals surface area contributed by atoms with Gasteiger partial charge in [-0.2, -0.15) is 0 Å². The molecule has 2 heterocycles. The summed E-state index contributed by atoms with van der Waals surface area (Å²) >= 11 is 0. The Kier molecular flexibility index (Phi) is 28.8. The summed E-state index contributed by atoms with van der Waals surface area (Å²) in [7, 11) is -0.540. The van der Waals surface area contributed by atoms with Gasteiger partial charge in [-0.3, -0.25) is 8.98 Å². The van der Waals surface area contributed by atoms with E-state index in [2.05, 4.69) is 19.0 Å². The maximum absolute atomic E-state index is 10.8. The van der Waals surface area contributed by atoms with Crippen LogP contribution in [-0.4, -0.2) is 123 Å². The van der Waals surface area contributed by atoms with Crippen molar-refractivity contribution in [3.05, 3.63) is 0 Å². The third-order valence-corrected chi connectivity index (χ3v) is 4.31. The van der Waals surface area contributed by atoms with Crippen molar-refractivity contribution < 1.29 is 126 Å². The molecule has 0 aliphatic carbocycles. The summed E-state index contributed by atoms with van der Waals surface area (Å²) in [5, 5.41) is 47.2. The minimum absolute atomic E-state index is 0. The maximum Gasteiger partial charge on any atom is 1.00 e. The Hall–Kier alpha value is 0.530. The third kappa shape index (κ3) is 22.2. The Morgan fingerprint density at radius 2 is 1.51 bits per heavy atom. The average molecular weight is 553 g/mol. The molecule has 6 atom stereocenters. The van der Waals surface area contributed by atoms with E-state index in [9.17, 15) is 32.8 Å². The molecule has 1 amide bonds. The second-order valence-electron chi connectivity index (χ2n) is 6.68. The predicted molar refractivity (Wildman–Crippen MR) is 106 cm³/mol. The van der Waals surface area contributed by atoms with E-state index in [1.807, 2.05) is 0 Å². The van der Waals surface area contributed by atoms with Crippen LogP contribution >= 0.6 is 0 Å². The maximum atomic E-state index is 10.8. The first-order valence-corrected chi connectivity index (χ1v) is 10.8. The van der Waals surface area contributed by atoms with Gasteiger partial charge in [0.15, 0.2) is 0 Å². The summed E-state index contributed by atoms with van der Waals surface area (Å²) in [4.78, 5) is 20.9. The molecule has 0 aromatic carbocycles. The molecule has 2 aliphatic rings. The Morgan fingerprint density at radius 1 is 1.00 bits per heavy atom. The first-order valence-electron chi connectivity index (χ1n) is 9.51. The van der Waals surface area contributed by atoms with Gasteiger partial charge in [-0.1, -0.05) is 0 Å². The zero-order chi connectivity index (χ0) is 26.2. The number of ether oxygens (including phenoxy) is 3. The molecule has 2 aliphatic heterocycles. The van der Waals surface area contributed by atoms with E-state index in [4.69, 9.17) is 20.1 Å². The van der Waals surface area contributed by atoms with E-state index in [-0.39, 0.29) is 97.1 Å². The molecule has 0 spiro atoms. The molecule has 0 radical (unpaired) electrons. The number of carboxylic acid groups (broad SMARTS) is 1. The molecule has 18 heteroatoms. The van der Waals surface area contributed by atoms with Gasteiger partial charge in [0.05, 0.1) is 50.1 Å². The molecule has 5 N–H and O–H groups in total. The molecule has 0 saturated carbocycles. The van der Waals surface area contributed by atoms with Gasteiger partial charge in [0.1, 0.15) is 12.2 Å². The number of hydrogen-bond acceptors (Lipinski definition) is 14. The number of aliphatic hydroxyl groups excluding tert-OH is 4. The molecule has 198 valence electrons. The number of methoxy groups -OCH3 is 1. The second-order valence-corrected chi connectivity index (χ2v) is 7.74. The van der Waals surface area contributed by atoms with Crippen LogP contribution in [0, 0.1) is 0 Å². The van der Waals surface area contributed by atoms with E-state index in [0.29, 0.717) is 0 Å². The zero-order valence-corrected chi connectivity index (χ0v) is 25.6. The first-order chi connectivity index (χ1) is 15.3. The Labute approximate surface area is 249 Å². The van der Waals surface area contributed by atoms with Crippen molar-refractivity contribution in [1.29, 1.82) is 0 Å². The van der Waals surface area contributed by atoms with Gasteiger partial charge in [-0.15, -0.1) is 0 Å². The number of carbonyl (C=O) groups is 2. The minimum Gasteiger partial charge on any atom is -0.726 e. The largest absolute Gasteiger partial charge is 1.00 e. The average Bonchev–Trinajstić information content (AvgIpc) is 2.71. The molecule has 2 rings (SSSR count). The van der Waals surface area contributed by atoms with Crippen molar-refractivity contribution in [2.45, 2.75) is 56.3 Å². The molecule has 0 aromatic rings. The number of rotatable bonds is 5. The van der Waals surface area contributed by atoms with Crippen LogP contribution in [0.2, 0.25) is 0 Å². The second kappa shape index (κ2) is 23.6. The van der Waals surface area contributed by atoms with Crippen LogP contribution in [0.25, 0.3) is 0 Å². The van der Waals surface area contributed by atoms with E-state index in [0.717, 1.165) is 7.11 Å². The monoisotopic (exact) mass is 553 g/mol. The normalized spacial score (nSPS) is 27.3. The summed E-state index contributed by atoms with van der Waals surface area (Å²) in [6.07, 6.45) is -4.87. The first kappa shape index (κ1) is 42.6. The number of aliphatic hydroxyl groups is 4. The van der Waals surface area contributed by atoms with Crippen LogP contribution in [-0.2, 0) is 38.4 Å². The number of aliphatic carboxylic acids is 1. The van der Waals surface area contributed by atoms with Gasteiger partial charge >= 0.3 is 59.1 Å². The van der Waals surface area contributed by atoms with Crippen molar-refractivity contribution >= 4 is 22.3 Å². The van der Waals surface area contributed by atoms with Crippen molar-refractivity contribution in [2.24, 2.45) is 0 Å².